The van der Waals surface area contributed by atoms with Crippen LogP contribution < -0.4 is 10.6 Å². The van der Waals surface area contributed by atoms with E-state index in [1.165, 1.54) is 12.8 Å². The first kappa shape index (κ1) is 35.3. The Morgan fingerprint density at radius 2 is 1.57 bits per heavy atom. The predicted molar refractivity (Wildman–Crippen MR) is 181 cm³/mol. The summed E-state index contributed by atoms with van der Waals surface area (Å²) in [7, 11) is 2.05. The van der Waals surface area contributed by atoms with Crippen molar-refractivity contribution in [1.29, 1.82) is 0 Å². The van der Waals surface area contributed by atoms with E-state index < -0.39 is 6.04 Å². The Morgan fingerprint density at radius 1 is 0.913 bits per heavy atom. The fourth-order valence-electron chi connectivity index (χ4n) is 6.85. The first-order valence-corrected chi connectivity index (χ1v) is 17.3. The number of ketones is 1. The number of hydrogen-bond acceptors (Lipinski definition) is 6. The number of benzene rings is 1. The molecule has 3 amide bonds. The van der Waals surface area contributed by atoms with Gasteiger partial charge in [0.1, 0.15) is 11.7 Å². The van der Waals surface area contributed by atoms with Crippen LogP contribution in [0.2, 0.25) is 0 Å². The quantitative estimate of drug-likeness (QED) is 0.224. The molecule has 0 spiro atoms. The van der Waals surface area contributed by atoms with Crippen molar-refractivity contribution >= 4 is 29.2 Å². The van der Waals surface area contributed by atoms with Gasteiger partial charge < -0.3 is 20.4 Å². The van der Waals surface area contributed by atoms with Crippen molar-refractivity contribution in [2.24, 2.45) is 11.8 Å². The van der Waals surface area contributed by atoms with E-state index in [1.54, 1.807) is 23.9 Å². The van der Waals surface area contributed by atoms with E-state index in [9.17, 15) is 19.2 Å². The van der Waals surface area contributed by atoms with Crippen molar-refractivity contribution in [3.63, 3.8) is 0 Å². The van der Waals surface area contributed by atoms with E-state index in [1.807, 2.05) is 57.0 Å². The van der Waals surface area contributed by atoms with Crippen LogP contribution in [0.1, 0.15) is 113 Å². The monoisotopic (exact) mass is 634 g/mol. The maximum Gasteiger partial charge on any atom is 0.245 e. The maximum absolute atomic E-state index is 13.8. The summed E-state index contributed by atoms with van der Waals surface area (Å²) >= 11 is 0. The Labute approximate surface area is 274 Å². The number of carbonyl (C=O) groups is 4. The minimum Gasteiger partial charge on any atom is -0.344 e. The fraction of sp³-hybridized carbons (Fsp3) is 0.639. The van der Waals surface area contributed by atoms with Gasteiger partial charge in [0.25, 0.3) is 0 Å². The van der Waals surface area contributed by atoms with Crippen molar-refractivity contribution < 1.29 is 19.2 Å². The van der Waals surface area contributed by atoms with Crippen molar-refractivity contribution in [3.05, 3.63) is 47.8 Å². The molecule has 1 aliphatic carbocycles. The van der Waals surface area contributed by atoms with Crippen LogP contribution in [-0.4, -0.2) is 82.4 Å². The van der Waals surface area contributed by atoms with Crippen LogP contribution in [0.5, 0.6) is 0 Å². The second-order valence-electron chi connectivity index (χ2n) is 13.5. The number of anilines is 1. The summed E-state index contributed by atoms with van der Waals surface area (Å²) in [4.78, 5) is 57.1. The highest BCUT2D eigenvalue weighted by Gasteiger charge is 2.33. The van der Waals surface area contributed by atoms with Crippen LogP contribution in [0.25, 0.3) is 0 Å². The molecule has 1 saturated carbocycles. The number of aromatic nitrogens is 2. The normalized spacial score (nSPS) is 18.4. The number of likely N-dealkylation sites (N-methyl/N-ethyl adjacent to an activating group) is 1. The molecular weight excluding hydrogens is 580 g/mol. The number of hydrogen-bond donors (Lipinski definition) is 2. The lowest BCUT2D eigenvalue weighted by atomic mass is 9.82. The predicted octanol–water partition coefficient (Wildman–Crippen LogP) is 5.42. The summed E-state index contributed by atoms with van der Waals surface area (Å²) < 4.78 is 1.75. The molecule has 1 aromatic carbocycles. The Balaban J connectivity index is 1.45. The molecule has 10 nitrogen and oxygen atoms in total. The van der Waals surface area contributed by atoms with Gasteiger partial charge in [-0.15, -0.1) is 0 Å². The summed E-state index contributed by atoms with van der Waals surface area (Å²) in [6.07, 6.45) is 9.36. The van der Waals surface area contributed by atoms with Crippen LogP contribution in [0, 0.1) is 11.8 Å². The molecule has 2 fully saturated rings. The minimum atomic E-state index is -0.666. The molecule has 4 rings (SSSR count). The smallest absolute Gasteiger partial charge is 0.245 e. The molecule has 2 aromatic rings. The highest BCUT2D eigenvalue weighted by molar-refractivity contribution is 5.96. The van der Waals surface area contributed by atoms with Crippen LogP contribution in [-0.2, 0) is 14.4 Å². The lowest BCUT2D eigenvalue weighted by molar-refractivity contribution is -0.138. The molecule has 3 atom stereocenters. The van der Waals surface area contributed by atoms with E-state index in [0.717, 1.165) is 44.3 Å². The zero-order chi connectivity index (χ0) is 33.2. The summed E-state index contributed by atoms with van der Waals surface area (Å²) in [5.41, 5.74) is 2.19. The molecule has 0 unspecified atom stereocenters. The van der Waals surface area contributed by atoms with Gasteiger partial charge in [0.15, 0.2) is 5.78 Å². The molecule has 1 saturated heterocycles. The van der Waals surface area contributed by atoms with Gasteiger partial charge in [-0.2, -0.15) is 5.10 Å². The van der Waals surface area contributed by atoms with E-state index in [-0.39, 0.29) is 47.3 Å². The van der Waals surface area contributed by atoms with Crippen LogP contribution >= 0.6 is 0 Å². The van der Waals surface area contributed by atoms with E-state index in [0.29, 0.717) is 43.7 Å². The molecule has 0 radical (unpaired) electrons. The zero-order valence-electron chi connectivity index (χ0n) is 28.5. The third-order valence-corrected chi connectivity index (χ3v) is 9.86. The molecule has 2 heterocycles. The molecule has 0 bridgehead atoms. The Morgan fingerprint density at radius 3 is 2.17 bits per heavy atom. The van der Waals surface area contributed by atoms with Gasteiger partial charge in [-0.25, -0.2) is 0 Å². The number of carbonyl (C=O) groups excluding carboxylic acids is 4. The molecular formula is C36H54N6O4. The van der Waals surface area contributed by atoms with Crippen LogP contribution in [0.3, 0.4) is 0 Å². The molecule has 10 heteroatoms. The molecule has 1 aliphatic heterocycles. The number of piperazine rings is 1. The third kappa shape index (κ3) is 9.27. The van der Waals surface area contributed by atoms with Gasteiger partial charge in [0.2, 0.25) is 17.7 Å². The number of amides is 3. The van der Waals surface area contributed by atoms with Crippen molar-refractivity contribution in [1.82, 2.24) is 24.9 Å². The van der Waals surface area contributed by atoms with Gasteiger partial charge in [0.05, 0.1) is 0 Å². The minimum absolute atomic E-state index is 0.0202. The lowest BCUT2D eigenvalue weighted by Gasteiger charge is -2.36. The standard InChI is InChI=1S/C36H54N6O4/c1-6-33(44)39-34(36(46)41-23-21-40(5)22-24-41)26(4)27-13-15-29(16-14-27)38-35(45)30(28-11-9-7-8-10-12-28)17-18-32(43)31-19-20-37-42(31)25(2)3/h13-16,19-20,25-26,28,30,34H,6-12,17-18,21-24H2,1-5H3,(H,38,45)(H,39,44)/t26-,30-,34+/m0/s1. The summed E-state index contributed by atoms with van der Waals surface area (Å²) in [5.74, 6) is -0.504. The Bertz CT molecular complexity index is 1310. The van der Waals surface area contributed by atoms with Gasteiger partial charge in [0, 0.05) is 68.8 Å². The largest absolute Gasteiger partial charge is 0.344 e. The molecule has 1 aromatic heterocycles. The van der Waals surface area contributed by atoms with Crippen molar-refractivity contribution in [3.8, 4) is 0 Å². The zero-order valence-corrected chi connectivity index (χ0v) is 28.5. The molecule has 2 aliphatic rings. The summed E-state index contributed by atoms with van der Waals surface area (Å²) in [5, 5.41) is 10.4. The van der Waals surface area contributed by atoms with E-state index >= 15 is 0 Å². The van der Waals surface area contributed by atoms with Gasteiger partial charge in [-0.1, -0.05) is 51.7 Å². The number of nitrogens with one attached hydrogen (secondary N) is 2. The second kappa shape index (κ2) is 16.9. The van der Waals surface area contributed by atoms with Gasteiger partial charge in [-0.05, 0) is 69.8 Å². The molecule has 252 valence electrons. The third-order valence-electron chi connectivity index (χ3n) is 9.86. The highest BCUT2D eigenvalue weighted by atomic mass is 16.2. The highest BCUT2D eigenvalue weighted by Crippen LogP contribution is 2.33. The first-order valence-electron chi connectivity index (χ1n) is 17.3. The second-order valence-corrected chi connectivity index (χ2v) is 13.5. The van der Waals surface area contributed by atoms with E-state index in [4.69, 9.17) is 0 Å². The molecule has 2 N–H and O–H groups in total. The average molecular weight is 635 g/mol. The number of nitrogens with zero attached hydrogens (tertiary/aromatic N) is 4. The number of Topliss-reactive ketones (excluding diaryl/α,β-unsaturated/α-hetero) is 1. The molecule has 46 heavy (non-hydrogen) atoms. The number of rotatable bonds is 13. The fourth-order valence-corrected chi connectivity index (χ4v) is 6.85. The van der Waals surface area contributed by atoms with Crippen molar-refractivity contribution in [2.75, 3.05) is 38.5 Å². The maximum atomic E-state index is 13.8. The SMILES string of the molecule is CCC(=O)N[C@@H](C(=O)N1CCN(C)CC1)[C@@H](C)c1ccc(NC(=O)[C@@H](CCC(=O)c2ccnn2C(C)C)C2CCCCCC2)cc1. The Hall–Kier alpha value is -3.53. The topological polar surface area (TPSA) is 117 Å². The first-order chi connectivity index (χ1) is 22.1. The van der Waals surface area contributed by atoms with Crippen LogP contribution in [0.4, 0.5) is 5.69 Å². The van der Waals surface area contributed by atoms with Gasteiger partial charge >= 0.3 is 0 Å². The average Bonchev–Trinajstić information content (AvgIpc) is 3.41. The van der Waals surface area contributed by atoms with Crippen molar-refractivity contribution in [2.45, 2.75) is 103 Å². The van der Waals surface area contributed by atoms with E-state index in [2.05, 4.69) is 20.6 Å². The van der Waals surface area contributed by atoms with Crippen LogP contribution in [0.15, 0.2) is 36.5 Å². The summed E-state index contributed by atoms with van der Waals surface area (Å²) in [6, 6.07) is 8.80. The summed E-state index contributed by atoms with van der Waals surface area (Å²) in [6.45, 7) is 10.7. The van der Waals surface area contributed by atoms with Gasteiger partial charge in [-0.3, -0.25) is 23.9 Å². The Kier molecular flexibility index (Phi) is 12.9. The lowest BCUT2D eigenvalue weighted by Crippen LogP contribution is -2.55.